The number of carbonyl (C=O) groups excluding carboxylic acids is 3. The minimum absolute atomic E-state index is 0.124. The largest absolute Gasteiger partial charge is 0.434 e. The second-order valence-electron chi connectivity index (χ2n) is 6.18. The fourth-order valence-electron chi connectivity index (χ4n) is 2.62. The van der Waals surface area contributed by atoms with E-state index < -0.39 is 35.8 Å². The van der Waals surface area contributed by atoms with E-state index in [4.69, 9.17) is 5.73 Å². The number of amides is 4. The van der Waals surface area contributed by atoms with Crippen LogP contribution in [0, 0.1) is 6.92 Å². The highest BCUT2D eigenvalue weighted by Gasteiger charge is 2.42. The van der Waals surface area contributed by atoms with Gasteiger partial charge < -0.3 is 11.1 Å². The Balaban J connectivity index is 1.88. The van der Waals surface area contributed by atoms with Crippen molar-refractivity contribution in [2.24, 2.45) is 10.7 Å². The number of aromatic nitrogens is 1. The number of anilines is 1. The second-order valence-corrected chi connectivity index (χ2v) is 7.18. The van der Waals surface area contributed by atoms with E-state index in [0.717, 1.165) is 11.3 Å². The van der Waals surface area contributed by atoms with Crippen molar-refractivity contribution < 1.29 is 27.6 Å². The van der Waals surface area contributed by atoms with E-state index >= 15 is 0 Å². The molecule has 0 radical (unpaired) electrons. The van der Waals surface area contributed by atoms with Crippen LogP contribution in [0.5, 0.6) is 0 Å². The van der Waals surface area contributed by atoms with Crippen molar-refractivity contribution in [2.75, 3.05) is 5.32 Å². The van der Waals surface area contributed by atoms with Gasteiger partial charge in [0.1, 0.15) is 6.04 Å². The predicted molar refractivity (Wildman–Crippen MR) is 100 cm³/mol. The van der Waals surface area contributed by atoms with Gasteiger partial charge in [0.25, 0.3) is 5.91 Å². The lowest BCUT2D eigenvalue weighted by Crippen LogP contribution is -2.44. The Morgan fingerprint density at radius 1 is 1.24 bits per heavy atom. The number of alkyl halides is 3. The molecule has 1 aromatic heterocycles. The smallest absolute Gasteiger partial charge is 0.368 e. The minimum atomic E-state index is -4.76. The maximum Gasteiger partial charge on any atom is 0.434 e. The number of thiazole rings is 1. The van der Waals surface area contributed by atoms with Crippen LogP contribution in [0.1, 0.15) is 28.5 Å². The molecule has 0 spiro atoms. The molecule has 2 aromatic rings. The summed E-state index contributed by atoms with van der Waals surface area (Å²) in [5.41, 5.74) is 4.27. The number of aryl methyl sites for hydroxylation is 1. The lowest BCUT2D eigenvalue weighted by molar-refractivity contribution is -0.119. The van der Waals surface area contributed by atoms with Gasteiger partial charge in [-0.2, -0.15) is 13.2 Å². The van der Waals surface area contributed by atoms with Crippen molar-refractivity contribution in [3.8, 4) is 10.4 Å². The molecule has 3 rings (SSSR count). The Bertz CT molecular complexity index is 1060. The van der Waals surface area contributed by atoms with Crippen LogP contribution in [0.15, 0.2) is 23.2 Å². The molecule has 2 heterocycles. The van der Waals surface area contributed by atoms with E-state index in [1.807, 2.05) is 0 Å². The average Bonchev–Trinajstić information content (AvgIpc) is 3.14. The molecule has 0 saturated heterocycles. The Morgan fingerprint density at radius 3 is 2.55 bits per heavy atom. The molecule has 4 amide bonds. The standard InChI is InChI=1S/C17H14F3N5O3S/c1-6-11(29-16(23-6)25-15(28)22-7(2)13(21)26)8-3-4-9-10(5-8)12(17(18,19)20)24-14(9)27/h3-5,7H,1-2H3,(H2,21,26)(H2,22,23,25,28). The molecule has 1 aromatic carbocycles. The van der Waals surface area contributed by atoms with E-state index in [1.54, 1.807) is 6.92 Å². The highest BCUT2D eigenvalue weighted by Crippen LogP contribution is 2.37. The Labute approximate surface area is 166 Å². The normalized spacial score (nSPS) is 14.2. The van der Waals surface area contributed by atoms with Crippen molar-refractivity contribution in [1.29, 1.82) is 0 Å². The van der Waals surface area contributed by atoms with Gasteiger partial charge in [-0.1, -0.05) is 17.4 Å². The molecule has 1 aliphatic heterocycles. The molecule has 29 heavy (non-hydrogen) atoms. The lowest BCUT2D eigenvalue weighted by atomic mass is 10.0. The fraction of sp³-hybridized carbons (Fsp3) is 0.235. The third-order valence-electron chi connectivity index (χ3n) is 4.04. The van der Waals surface area contributed by atoms with Crippen LogP contribution < -0.4 is 16.4 Å². The number of aliphatic imine (C=N–C) groups is 1. The van der Waals surface area contributed by atoms with Crippen molar-refractivity contribution >= 4 is 40.0 Å². The number of nitrogens with two attached hydrogens (primary N) is 1. The number of hydrogen-bond donors (Lipinski definition) is 3. The highest BCUT2D eigenvalue weighted by atomic mass is 32.1. The molecule has 1 unspecified atom stereocenters. The summed E-state index contributed by atoms with van der Waals surface area (Å²) < 4.78 is 39.5. The van der Waals surface area contributed by atoms with E-state index in [-0.39, 0.29) is 16.3 Å². The molecule has 4 N–H and O–H groups in total. The van der Waals surface area contributed by atoms with Gasteiger partial charge in [-0.15, -0.1) is 0 Å². The highest BCUT2D eigenvalue weighted by molar-refractivity contribution is 7.19. The maximum atomic E-state index is 13.2. The van der Waals surface area contributed by atoms with Crippen LogP contribution in [0.3, 0.4) is 0 Å². The Hall–Kier alpha value is -3.28. The van der Waals surface area contributed by atoms with E-state index in [9.17, 15) is 27.6 Å². The fourth-order valence-corrected chi connectivity index (χ4v) is 3.58. The van der Waals surface area contributed by atoms with E-state index in [0.29, 0.717) is 16.1 Å². The number of halogens is 3. The molecule has 8 nitrogen and oxygen atoms in total. The van der Waals surface area contributed by atoms with E-state index in [1.165, 1.54) is 25.1 Å². The summed E-state index contributed by atoms with van der Waals surface area (Å²) in [6.45, 7) is 3.03. The van der Waals surface area contributed by atoms with Gasteiger partial charge in [0.05, 0.1) is 16.1 Å². The summed E-state index contributed by atoms with van der Waals surface area (Å²) in [6, 6.07) is 2.40. The molecular formula is C17H14F3N5O3S. The SMILES string of the molecule is Cc1nc(NC(=O)NC(C)C(N)=O)sc1-c1ccc2c(c1)C(C(F)(F)F)=NC2=O. The van der Waals surface area contributed by atoms with Gasteiger partial charge in [-0.05, 0) is 31.5 Å². The number of carbonyl (C=O) groups is 3. The first kappa shape index (κ1) is 20.5. The van der Waals surface area contributed by atoms with Crippen molar-refractivity contribution in [3.05, 3.63) is 35.0 Å². The quantitative estimate of drug-likeness (QED) is 0.696. The molecule has 152 valence electrons. The van der Waals surface area contributed by atoms with Crippen LogP contribution in [0.4, 0.5) is 23.1 Å². The van der Waals surface area contributed by atoms with Crippen LogP contribution in [-0.4, -0.2) is 40.8 Å². The third kappa shape index (κ3) is 4.11. The van der Waals surface area contributed by atoms with Crippen LogP contribution >= 0.6 is 11.3 Å². The molecule has 0 saturated carbocycles. The van der Waals surface area contributed by atoms with Crippen LogP contribution in [-0.2, 0) is 4.79 Å². The summed E-state index contributed by atoms with van der Waals surface area (Å²) in [5, 5.41) is 4.94. The number of primary amides is 1. The monoisotopic (exact) mass is 425 g/mol. The zero-order valence-electron chi connectivity index (χ0n) is 15.0. The van der Waals surface area contributed by atoms with Gasteiger partial charge in [0.15, 0.2) is 10.8 Å². The van der Waals surface area contributed by atoms with Gasteiger partial charge in [0.2, 0.25) is 5.91 Å². The zero-order chi connectivity index (χ0) is 21.5. The lowest BCUT2D eigenvalue weighted by Gasteiger charge is -2.09. The summed E-state index contributed by atoms with van der Waals surface area (Å²) in [5.74, 6) is -1.66. The number of rotatable bonds is 4. The molecule has 12 heteroatoms. The number of nitrogens with zero attached hydrogens (tertiary/aromatic N) is 2. The maximum absolute atomic E-state index is 13.2. The van der Waals surface area contributed by atoms with Crippen molar-refractivity contribution in [1.82, 2.24) is 10.3 Å². The predicted octanol–water partition coefficient (Wildman–Crippen LogP) is 2.62. The molecular weight excluding hydrogens is 411 g/mol. The van der Waals surface area contributed by atoms with E-state index in [2.05, 4.69) is 20.6 Å². The molecule has 0 bridgehead atoms. The number of nitrogens with one attached hydrogen (secondary N) is 2. The van der Waals surface area contributed by atoms with Gasteiger partial charge >= 0.3 is 12.2 Å². The summed E-state index contributed by atoms with van der Waals surface area (Å²) in [6.07, 6.45) is -4.76. The molecule has 1 aliphatic rings. The Kier molecular flexibility index (Phi) is 5.13. The summed E-state index contributed by atoms with van der Waals surface area (Å²) >= 11 is 1.03. The van der Waals surface area contributed by atoms with Crippen LogP contribution in [0.25, 0.3) is 10.4 Å². The minimum Gasteiger partial charge on any atom is -0.368 e. The first-order chi connectivity index (χ1) is 13.5. The number of fused-ring (bicyclic) bond motifs is 1. The van der Waals surface area contributed by atoms with Crippen molar-refractivity contribution in [3.63, 3.8) is 0 Å². The molecule has 1 atom stereocenters. The molecule has 0 aliphatic carbocycles. The van der Waals surface area contributed by atoms with Crippen molar-refractivity contribution in [2.45, 2.75) is 26.1 Å². The van der Waals surface area contributed by atoms with Gasteiger partial charge in [0, 0.05) is 5.56 Å². The topological polar surface area (TPSA) is 127 Å². The third-order valence-corrected chi connectivity index (χ3v) is 5.16. The number of hydrogen-bond acceptors (Lipinski definition) is 5. The number of benzene rings is 1. The summed E-state index contributed by atoms with van der Waals surface area (Å²) in [7, 11) is 0. The van der Waals surface area contributed by atoms with Crippen LogP contribution in [0.2, 0.25) is 0 Å². The average molecular weight is 425 g/mol. The number of urea groups is 1. The first-order valence-corrected chi connectivity index (χ1v) is 8.98. The first-order valence-electron chi connectivity index (χ1n) is 8.16. The Morgan fingerprint density at radius 2 is 1.93 bits per heavy atom. The zero-order valence-corrected chi connectivity index (χ0v) is 15.9. The van der Waals surface area contributed by atoms with Gasteiger partial charge in [-0.3, -0.25) is 14.9 Å². The summed E-state index contributed by atoms with van der Waals surface area (Å²) in [4.78, 5) is 42.4. The second kappa shape index (κ2) is 7.28. The van der Waals surface area contributed by atoms with Gasteiger partial charge in [-0.25, -0.2) is 14.8 Å². The molecule has 0 fully saturated rings.